The maximum absolute atomic E-state index is 6.01. The van der Waals surface area contributed by atoms with Crippen LogP contribution in [0.2, 0.25) is 0 Å². The van der Waals surface area contributed by atoms with Crippen LogP contribution in [0, 0.1) is 13.8 Å². The number of rotatable bonds is 0. The molecule has 0 bridgehead atoms. The van der Waals surface area contributed by atoms with E-state index < -0.39 is 0 Å². The first-order chi connectivity index (χ1) is 6.61. The van der Waals surface area contributed by atoms with E-state index in [9.17, 15) is 0 Å². The number of nitrogen functional groups attached to an aromatic ring is 1. The number of hydrogen-bond acceptors (Lipinski definition) is 3. The number of hydrogen-bond donors (Lipinski definition) is 2. The highest BCUT2D eigenvalue weighted by atomic mass is 16.5. The van der Waals surface area contributed by atoms with E-state index in [4.69, 9.17) is 16.2 Å². The van der Waals surface area contributed by atoms with Crippen LogP contribution in [0.25, 0.3) is 0 Å². The van der Waals surface area contributed by atoms with Crippen molar-refractivity contribution in [3.8, 4) is 5.75 Å². The Kier molecular flexibility index (Phi) is 2.11. The van der Waals surface area contributed by atoms with Gasteiger partial charge in [0.15, 0.2) is 0 Å². The molecule has 0 amide bonds. The Bertz CT molecular complexity index is 374. The molecule has 1 aromatic carbocycles. The largest absolute Gasteiger partial charge is 0.493 e. The molecule has 1 aliphatic heterocycles. The van der Waals surface area contributed by atoms with Gasteiger partial charge in [0, 0.05) is 29.3 Å². The van der Waals surface area contributed by atoms with Crippen molar-refractivity contribution in [1.82, 2.24) is 0 Å². The number of ether oxygens (including phenoxy) is 1. The average molecular weight is 192 g/mol. The zero-order valence-corrected chi connectivity index (χ0v) is 8.63. The Morgan fingerprint density at radius 1 is 1.43 bits per heavy atom. The number of benzene rings is 1. The van der Waals surface area contributed by atoms with Crippen LogP contribution in [0.3, 0.4) is 0 Å². The molecule has 3 nitrogen and oxygen atoms in total. The summed E-state index contributed by atoms with van der Waals surface area (Å²) in [4.78, 5) is 0. The molecule has 1 unspecified atom stereocenters. The van der Waals surface area contributed by atoms with E-state index in [0.29, 0.717) is 6.61 Å². The van der Waals surface area contributed by atoms with Crippen molar-refractivity contribution in [2.45, 2.75) is 26.3 Å². The molecule has 0 spiro atoms. The average Bonchev–Trinajstić information content (AvgIpc) is 2.17. The molecule has 2 rings (SSSR count). The molecule has 1 atom stereocenters. The molecule has 3 heteroatoms. The van der Waals surface area contributed by atoms with Gasteiger partial charge in [-0.3, -0.25) is 0 Å². The lowest BCUT2D eigenvalue weighted by molar-refractivity contribution is 0.267. The SMILES string of the molecule is Cc1cc2c(c(C)c1N)OCCC2N. The summed E-state index contributed by atoms with van der Waals surface area (Å²) in [6.45, 7) is 4.68. The minimum Gasteiger partial charge on any atom is -0.493 e. The van der Waals surface area contributed by atoms with Crippen molar-refractivity contribution in [2.75, 3.05) is 12.3 Å². The lowest BCUT2D eigenvalue weighted by atomic mass is 9.95. The topological polar surface area (TPSA) is 61.3 Å². The van der Waals surface area contributed by atoms with Gasteiger partial charge in [-0.15, -0.1) is 0 Å². The fourth-order valence-corrected chi connectivity index (χ4v) is 1.92. The molecule has 14 heavy (non-hydrogen) atoms. The summed E-state index contributed by atoms with van der Waals surface area (Å²) in [5.41, 5.74) is 16.0. The van der Waals surface area contributed by atoms with Crippen LogP contribution in [-0.4, -0.2) is 6.61 Å². The zero-order chi connectivity index (χ0) is 10.3. The van der Waals surface area contributed by atoms with E-state index in [1.54, 1.807) is 0 Å². The van der Waals surface area contributed by atoms with Crippen molar-refractivity contribution in [1.29, 1.82) is 0 Å². The van der Waals surface area contributed by atoms with Gasteiger partial charge >= 0.3 is 0 Å². The minimum absolute atomic E-state index is 0.0942. The van der Waals surface area contributed by atoms with Crippen molar-refractivity contribution < 1.29 is 4.74 Å². The maximum Gasteiger partial charge on any atom is 0.129 e. The summed E-state index contributed by atoms with van der Waals surface area (Å²) in [6.07, 6.45) is 0.885. The van der Waals surface area contributed by atoms with Gasteiger partial charge in [0.05, 0.1) is 6.61 Å². The minimum atomic E-state index is 0.0942. The fourth-order valence-electron chi connectivity index (χ4n) is 1.92. The molecule has 0 radical (unpaired) electrons. The molecular formula is C11H16N2O. The number of anilines is 1. The van der Waals surface area contributed by atoms with E-state index in [1.807, 2.05) is 19.9 Å². The summed E-state index contributed by atoms with van der Waals surface area (Å²) in [5, 5.41) is 0. The smallest absolute Gasteiger partial charge is 0.129 e. The first kappa shape index (κ1) is 9.34. The van der Waals surface area contributed by atoms with Gasteiger partial charge in [-0.25, -0.2) is 0 Å². The van der Waals surface area contributed by atoms with Crippen LogP contribution in [-0.2, 0) is 0 Å². The predicted octanol–water partition coefficient (Wildman–Crippen LogP) is 1.67. The van der Waals surface area contributed by atoms with Crippen LogP contribution < -0.4 is 16.2 Å². The maximum atomic E-state index is 6.01. The highest BCUT2D eigenvalue weighted by Gasteiger charge is 2.21. The van der Waals surface area contributed by atoms with Crippen molar-refractivity contribution >= 4 is 5.69 Å². The molecule has 1 heterocycles. The Morgan fingerprint density at radius 3 is 2.86 bits per heavy atom. The van der Waals surface area contributed by atoms with Gasteiger partial charge in [-0.05, 0) is 25.5 Å². The molecule has 0 aromatic heterocycles. The van der Waals surface area contributed by atoms with E-state index >= 15 is 0 Å². The predicted molar refractivity (Wildman–Crippen MR) is 57.4 cm³/mol. The van der Waals surface area contributed by atoms with Crippen LogP contribution in [0.5, 0.6) is 5.75 Å². The first-order valence-electron chi connectivity index (χ1n) is 4.89. The van der Waals surface area contributed by atoms with Gasteiger partial charge in [-0.2, -0.15) is 0 Å². The van der Waals surface area contributed by atoms with E-state index in [1.165, 1.54) is 0 Å². The second-order valence-corrected chi connectivity index (χ2v) is 3.89. The molecule has 0 saturated heterocycles. The van der Waals surface area contributed by atoms with E-state index in [2.05, 4.69) is 0 Å². The number of fused-ring (bicyclic) bond motifs is 1. The molecule has 0 fully saturated rings. The summed E-state index contributed by atoms with van der Waals surface area (Å²) >= 11 is 0. The van der Waals surface area contributed by atoms with Gasteiger partial charge < -0.3 is 16.2 Å². The monoisotopic (exact) mass is 192 g/mol. The molecule has 1 aliphatic rings. The van der Waals surface area contributed by atoms with Crippen molar-refractivity contribution in [3.63, 3.8) is 0 Å². The lowest BCUT2D eigenvalue weighted by Gasteiger charge is -2.26. The Morgan fingerprint density at radius 2 is 2.14 bits per heavy atom. The fraction of sp³-hybridized carbons (Fsp3) is 0.455. The Labute approximate surface area is 84.0 Å². The molecular weight excluding hydrogens is 176 g/mol. The van der Waals surface area contributed by atoms with Crippen LogP contribution in [0.1, 0.15) is 29.2 Å². The van der Waals surface area contributed by atoms with Gasteiger partial charge in [-0.1, -0.05) is 0 Å². The van der Waals surface area contributed by atoms with E-state index in [0.717, 1.165) is 34.5 Å². The molecule has 0 aliphatic carbocycles. The Hall–Kier alpha value is -1.22. The third-order valence-corrected chi connectivity index (χ3v) is 2.88. The summed E-state index contributed by atoms with van der Waals surface area (Å²) in [6, 6.07) is 2.14. The lowest BCUT2D eigenvalue weighted by Crippen LogP contribution is -2.21. The summed E-state index contributed by atoms with van der Waals surface area (Å²) in [7, 11) is 0. The molecule has 0 saturated carbocycles. The summed E-state index contributed by atoms with van der Waals surface area (Å²) < 4.78 is 5.60. The van der Waals surface area contributed by atoms with Crippen molar-refractivity contribution in [3.05, 3.63) is 22.8 Å². The second kappa shape index (κ2) is 3.17. The quantitative estimate of drug-likeness (QED) is 0.615. The standard InChI is InChI=1S/C11H16N2O/c1-6-5-8-9(12)3-4-14-11(8)7(2)10(6)13/h5,9H,3-4,12-13H2,1-2H3. The number of aryl methyl sites for hydroxylation is 1. The molecule has 4 N–H and O–H groups in total. The third-order valence-electron chi connectivity index (χ3n) is 2.88. The third kappa shape index (κ3) is 1.24. The second-order valence-electron chi connectivity index (χ2n) is 3.89. The van der Waals surface area contributed by atoms with Gasteiger partial charge in [0.25, 0.3) is 0 Å². The number of nitrogens with two attached hydrogens (primary N) is 2. The zero-order valence-electron chi connectivity index (χ0n) is 8.63. The highest BCUT2D eigenvalue weighted by Crippen LogP contribution is 2.37. The highest BCUT2D eigenvalue weighted by molar-refractivity contribution is 5.62. The van der Waals surface area contributed by atoms with Gasteiger partial charge in [0.2, 0.25) is 0 Å². The van der Waals surface area contributed by atoms with Crippen molar-refractivity contribution in [2.24, 2.45) is 5.73 Å². The van der Waals surface area contributed by atoms with Crippen LogP contribution in [0.15, 0.2) is 6.07 Å². The normalized spacial score (nSPS) is 20.1. The molecule has 1 aromatic rings. The molecule has 76 valence electrons. The Balaban J connectivity index is 2.63. The first-order valence-corrected chi connectivity index (χ1v) is 4.89. The van der Waals surface area contributed by atoms with Crippen LogP contribution >= 0.6 is 0 Å². The van der Waals surface area contributed by atoms with Crippen LogP contribution in [0.4, 0.5) is 5.69 Å². The summed E-state index contributed by atoms with van der Waals surface area (Å²) in [5.74, 6) is 0.895. The van der Waals surface area contributed by atoms with E-state index in [-0.39, 0.29) is 6.04 Å². The van der Waals surface area contributed by atoms with Gasteiger partial charge in [0.1, 0.15) is 5.75 Å².